The van der Waals surface area contributed by atoms with Crippen LogP contribution in [0.2, 0.25) is 0 Å². The number of phenols is 1. The predicted molar refractivity (Wildman–Crippen MR) is 73.5 cm³/mol. The molecule has 4 heteroatoms. The number of halogens is 1. The maximum absolute atomic E-state index is 11.8. The average molecular weight is 309 g/mol. The molecular formula is C13H9BrO2S. The first kappa shape index (κ1) is 12.1. The van der Waals surface area contributed by atoms with Gasteiger partial charge in [-0.2, -0.15) is 0 Å². The second kappa shape index (κ2) is 5.29. The summed E-state index contributed by atoms with van der Waals surface area (Å²) < 4.78 is 1.01. The van der Waals surface area contributed by atoms with Crippen molar-refractivity contribution < 1.29 is 9.90 Å². The second-order valence-corrected chi connectivity index (χ2v) is 5.27. The van der Waals surface area contributed by atoms with Gasteiger partial charge in [0.05, 0.1) is 0 Å². The summed E-state index contributed by atoms with van der Waals surface area (Å²) in [5.41, 5.74) is 0.483. The molecule has 1 heterocycles. The molecule has 0 aliphatic carbocycles. The number of hydrogen-bond acceptors (Lipinski definition) is 3. The minimum atomic E-state index is -0.120. The van der Waals surface area contributed by atoms with Crippen LogP contribution in [0.4, 0.5) is 0 Å². The standard InChI is InChI=1S/C13H9BrO2S/c14-10-7-12(17-8-10)4-5-13(16)9-2-1-3-11(15)6-9/h1-8,15H/b5-4-. The van der Waals surface area contributed by atoms with Crippen LogP contribution in [0.5, 0.6) is 5.75 Å². The molecule has 1 aromatic carbocycles. The van der Waals surface area contributed by atoms with Gasteiger partial charge < -0.3 is 5.11 Å². The fraction of sp³-hybridized carbons (Fsp3) is 0. The van der Waals surface area contributed by atoms with Crippen LogP contribution in [0, 0.1) is 0 Å². The van der Waals surface area contributed by atoms with Gasteiger partial charge in [-0.15, -0.1) is 11.3 Å². The van der Waals surface area contributed by atoms with Crippen LogP contribution in [0.1, 0.15) is 15.2 Å². The fourth-order valence-corrected chi connectivity index (χ4v) is 2.67. The maximum Gasteiger partial charge on any atom is 0.186 e. The van der Waals surface area contributed by atoms with Crippen molar-refractivity contribution in [3.05, 3.63) is 56.7 Å². The molecular weight excluding hydrogens is 300 g/mol. The van der Waals surface area contributed by atoms with Crippen LogP contribution in [0.25, 0.3) is 6.08 Å². The van der Waals surface area contributed by atoms with E-state index < -0.39 is 0 Å². The summed E-state index contributed by atoms with van der Waals surface area (Å²) in [7, 11) is 0. The monoisotopic (exact) mass is 308 g/mol. The Hall–Kier alpha value is -1.39. The Bertz CT molecular complexity index is 572. The fourth-order valence-electron chi connectivity index (χ4n) is 1.33. The van der Waals surface area contributed by atoms with Gasteiger partial charge in [-0.1, -0.05) is 12.1 Å². The minimum absolute atomic E-state index is 0.100. The molecule has 0 amide bonds. The van der Waals surface area contributed by atoms with Gasteiger partial charge in [0.1, 0.15) is 5.75 Å². The summed E-state index contributed by atoms with van der Waals surface area (Å²) in [6.45, 7) is 0. The Morgan fingerprint density at radius 1 is 1.35 bits per heavy atom. The lowest BCUT2D eigenvalue weighted by Gasteiger charge is -1.96. The molecule has 0 spiro atoms. The quantitative estimate of drug-likeness (QED) is 0.684. The summed E-state index contributed by atoms with van der Waals surface area (Å²) >= 11 is 4.91. The second-order valence-electron chi connectivity index (χ2n) is 3.42. The Labute approximate surface area is 111 Å². The smallest absolute Gasteiger partial charge is 0.186 e. The highest BCUT2D eigenvalue weighted by Gasteiger charge is 2.02. The number of carbonyl (C=O) groups is 1. The number of allylic oxidation sites excluding steroid dienone is 1. The first-order valence-corrected chi connectivity index (χ1v) is 6.58. The van der Waals surface area contributed by atoms with Crippen molar-refractivity contribution in [3.8, 4) is 5.75 Å². The molecule has 0 saturated heterocycles. The van der Waals surface area contributed by atoms with Crippen LogP contribution in [-0.2, 0) is 0 Å². The summed E-state index contributed by atoms with van der Waals surface area (Å²) in [5, 5.41) is 11.2. The molecule has 0 aliphatic rings. The van der Waals surface area contributed by atoms with E-state index in [2.05, 4.69) is 15.9 Å². The van der Waals surface area contributed by atoms with Crippen LogP contribution in [0.3, 0.4) is 0 Å². The first-order valence-electron chi connectivity index (χ1n) is 4.90. The molecule has 0 unspecified atom stereocenters. The largest absolute Gasteiger partial charge is 0.508 e. The van der Waals surface area contributed by atoms with Gasteiger partial charge in [-0.3, -0.25) is 4.79 Å². The van der Waals surface area contributed by atoms with E-state index in [9.17, 15) is 9.90 Å². The minimum Gasteiger partial charge on any atom is -0.508 e. The Morgan fingerprint density at radius 3 is 2.82 bits per heavy atom. The lowest BCUT2D eigenvalue weighted by atomic mass is 10.1. The number of hydrogen-bond donors (Lipinski definition) is 1. The van der Waals surface area contributed by atoms with E-state index in [1.54, 1.807) is 29.5 Å². The van der Waals surface area contributed by atoms with Crippen molar-refractivity contribution in [2.45, 2.75) is 0 Å². The third-order valence-electron chi connectivity index (χ3n) is 2.12. The number of ketones is 1. The molecule has 1 N–H and O–H groups in total. The number of rotatable bonds is 3. The first-order chi connectivity index (χ1) is 8.15. The summed E-state index contributed by atoms with van der Waals surface area (Å²) in [6.07, 6.45) is 3.27. The normalized spacial score (nSPS) is 10.9. The van der Waals surface area contributed by atoms with Crippen molar-refractivity contribution in [2.24, 2.45) is 0 Å². The molecule has 2 nitrogen and oxygen atoms in total. The molecule has 0 bridgehead atoms. The number of phenolic OH excluding ortho intramolecular Hbond substituents is 1. The van der Waals surface area contributed by atoms with E-state index in [1.807, 2.05) is 11.4 Å². The summed E-state index contributed by atoms with van der Waals surface area (Å²) in [5.74, 6) is -0.0199. The molecule has 0 aliphatic heterocycles. The molecule has 2 aromatic rings. The van der Waals surface area contributed by atoms with Crippen LogP contribution >= 0.6 is 27.3 Å². The van der Waals surface area contributed by atoms with Crippen molar-refractivity contribution >= 4 is 39.1 Å². The van der Waals surface area contributed by atoms with Crippen LogP contribution < -0.4 is 0 Å². The van der Waals surface area contributed by atoms with E-state index in [0.717, 1.165) is 9.35 Å². The van der Waals surface area contributed by atoms with E-state index in [0.29, 0.717) is 5.56 Å². The molecule has 0 saturated carbocycles. The van der Waals surface area contributed by atoms with Crippen LogP contribution in [-0.4, -0.2) is 10.9 Å². The Morgan fingerprint density at radius 2 is 2.18 bits per heavy atom. The number of benzene rings is 1. The third kappa shape index (κ3) is 3.28. The van der Waals surface area contributed by atoms with E-state index in [4.69, 9.17) is 0 Å². The molecule has 17 heavy (non-hydrogen) atoms. The number of thiophene rings is 1. The van der Waals surface area contributed by atoms with Crippen molar-refractivity contribution in [1.82, 2.24) is 0 Å². The van der Waals surface area contributed by atoms with Gasteiger partial charge in [-0.25, -0.2) is 0 Å². The highest BCUT2D eigenvalue weighted by molar-refractivity contribution is 9.10. The molecule has 0 atom stereocenters. The SMILES string of the molecule is O=C(/C=C\c1cc(Br)cs1)c1cccc(O)c1. The average Bonchev–Trinajstić information content (AvgIpc) is 2.72. The predicted octanol–water partition coefficient (Wildman–Crippen LogP) is 4.11. The van der Waals surface area contributed by atoms with Gasteiger partial charge in [0.15, 0.2) is 5.78 Å². The van der Waals surface area contributed by atoms with Crippen molar-refractivity contribution in [3.63, 3.8) is 0 Å². The third-order valence-corrected chi connectivity index (χ3v) is 3.78. The van der Waals surface area contributed by atoms with E-state index in [-0.39, 0.29) is 11.5 Å². The highest BCUT2D eigenvalue weighted by atomic mass is 79.9. The zero-order chi connectivity index (χ0) is 12.3. The molecule has 0 radical (unpaired) electrons. The lowest BCUT2D eigenvalue weighted by Crippen LogP contribution is -1.92. The highest BCUT2D eigenvalue weighted by Crippen LogP contribution is 2.21. The molecule has 0 fully saturated rings. The van der Waals surface area contributed by atoms with Crippen molar-refractivity contribution in [1.29, 1.82) is 0 Å². The number of aromatic hydroxyl groups is 1. The van der Waals surface area contributed by atoms with E-state index in [1.165, 1.54) is 18.2 Å². The summed E-state index contributed by atoms with van der Waals surface area (Å²) in [6, 6.07) is 8.26. The van der Waals surface area contributed by atoms with Gasteiger partial charge in [0, 0.05) is 20.3 Å². The Kier molecular flexibility index (Phi) is 3.76. The van der Waals surface area contributed by atoms with Gasteiger partial charge in [0.2, 0.25) is 0 Å². The van der Waals surface area contributed by atoms with Crippen molar-refractivity contribution in [2.75, 3.05) is 0 Å². The van der Waals surface area contributed by atoms with Gasteiger partial charge in [-0.05, 0) is 46.3 Å². The van der Waals surface area contributed by atoms with Crippen LogP contribution in [0.15, 0.2) is 46.3 Å². The Balaban J connectivity index is 2.14. The van der Waals surface area contributed by atoms with E-state index >= 15 is 0 Å². The molecule has 1 aromatic heterocycles. The topological polar surface area (TPSA) is 37.3 Å². The zero-order valence-electron chi connectivity index (χ0n) is 8.76. The maximum atomic E-state index is 11.8. The lowest BCUT2D eigenvalue weighted by molar-refractivity contribution is 0.104. The number of carbonyl (C=O) groups excluding carboxylic acids is 1. The van der Waals surface area contributed by atoms with Gasteiger partial charge >= 0.3 is 0 Å². The zero-order valence-corrected chi connectivity index (χ0v) is 11.2. The molecule has 2 rings (SSSR count). The summed E-state index contributed by atoms with van der Waals surface area (Å²) in [4.78, 5) is 12.8. The van der Waals surface area contributed by atoms with Gasteiger partial charge in [0.25, 0.3) is 0 Å². The molecule has 86 valence electrons.